The van der Waals surface area contributed by atoms with E-state index in [1.54, 1.807) is 11.3 Å². The summed E-state index contributed by atoms with van der Waals surface area (Å²) in [5.74, 6) is 0.346. The summed E-state index contributed by atoms with van der Waals surface area (Å²) in [7, 11) is 0. The predicted molar refractivity (Wildman–Crippen MR) is 102 cm³/mol. The van der Waals surface area contributed by atoms with Crippen molar-refractivity contribution in [1.29, 1.82) is 0 Å². The number of amides is 1. The number of aromatic nitrogens is 1. The normalized spacial score (nSPS) is 20.2. The van der Waals surface area contributed by atoms with E-state index < -0.39 is 0 Å². The summed E-state index contributed by atoms with van der Waals surface area (Å²) < 4.78 is 0. The van der Waals surface area contributed by atoms with Gasteiger partial charge in [-0.3, -0.25) is 4.79 Å². The highest BCUT2D eigenvalue weighted by molar-refractivity contribution is 7.13. The summed E-state index contributed by atoms with van der Waals surface area (Å²) in [4.78, 5) is 16.9. The Kier molecular flexibility index (Phi) is 7.21. The number of piperidine rings is 1. The Morgan fingerprint density at radius 1 is 1.38 bits per heavy atom. The van der Waals surface area contributed by atoms with E-state index in [-0.39, 0.29) is 24.2 Å². The van der Waals surface area contributed by atoms with Crippen molar-refractivity contribution in [2.45, 2.75) is 32.2 Å². The number of halogens is 1. The Hall–Kier alpha value is -1.43. The first-order valence-electron chi connectivity index (χ1n) is 8.23. The lowest BCUT2D eigenvalue weighted by Crippen LogP contribution is -2.42. The van der Waals surface area contributed by atoms with Crippen molar-refractivity contribution in [3.8, 4) is 10.6 Å². The molecule has 4 nitrogen and oxygen atoms in total. The molecule has 6 heteroatoms. The molecular formula is C18H24ClN3OS. The van der Waals surface area contributed by atoms with Gasteiger partial charge in [-0.15, -0.1) is 23.7 Å². The zero-order chi connectivity index (χ0) is 16.1. The van der Waals surface area contributed by atoms with Crippen molar-refractivity contribution in [1.82, 2.24) is 15.6 Å². The topological polar surface area (TPSA) is 54.0 Å². The minimum Gasteiger partial charge on any atom is -0.355 e. The van der Waals surface area contributed by atoms with Crippen molar-refractivity contribution in [3.05, 3.63) is 41.4 Å². The molecule has 0 unspecified atom stereocenters. The van der Waals surface area contributed by atoms with Crippen LogP contribution in [0.4, 0.5) is 0 Å². The number of thiazole rings is 1. The first-order valence-corrected chi connectivity index (χ1v) is 9.11. The molecule has 130 valence electrons. The highest BCUT2D eigenvalue weighted by Crippen LogP contribution is 2.23. The summed E-state index contributed by atoms with van der Waals surface area (Å²) in [6, 6.07) is 10.6. The third kappa shape index (κ3) is 5.03. The zero-order valence-corrected chi connectivity index (χ0v) is 15.5. The smallest absolute Gasteiger partial charge is 0.223 e. The number of carbonyl (C=O) groups excluding carboxylic acids is 1. The standard InChI is InChI=1S/C18H23N3OS.ClH/c1-13-11-15(7-9-19-13)17(22)20-10-8-16-12-23-18(21-16)14-5-3-2-4-6-14;/h2-6,12-13,15,19H,7-11H2,1H3,(H,20,22);1H/t13-,15-;/m0./s1. The zero-order valence-electron chi connectivity index (χ0n) is 13.8. The predicted octanol–water partition coefficient (Wildman–Crippen LogP) is 3.28. The van der Waals surface area contributed by atoms with Crippen molar-refractivity contribution in [3.63, 3.8) is 0 Å². The summed E-state index contributed by atoms with van der Waals surface area (Å²) >= 11 is 1.66. The molecule has 0 aliphatic carbocycles. The number of rotatable bonds is 5. The number of nitrogens with one attached hydrogen (secondary N) is 2. The fourth-order valence-electron chi connectivity index (χ4n) is 2.96. The maximum absolute atomic E-state index is 12.2. The van der Waals surface area contributed by atoms with E-state index in [1.165, 1.54) is 0 Å². The van der Waals surface area contributed by atoms with Crippen LogP contribution in [0.25, 0.3) is 10.6 Å². The molecule has 1 saturated heterocycles. The monoisotopic (exact) mass is 365 g/mol. The molecule has 24 heavy (non-hydrogen) atoms. The number of hydrogen-bond acceptors (Lipinski definition) is 4. The molecule has 0 bridgehead atoms. The van der Waals surface area contributed by atoms with Crippen LogP contribution in [0, 0.1) is 5.92 Å². The van der Waals surface area contributed by atoms with Crippen molar-refractivity contribution < 1.29 is 4.79 Å². The molecule has 2 aromatic rings. The molecule has 1 aliphatic rings. The third-order valence-electron chi connectivity index (χ3n) is 4.25. The van der Waals surface area contributed by atoms with Crippen LogP contribution in [0.2, 0.25) is 0 Å². The van der Waals surface area contributed by atoms with Gasteiger partial charge < -0.3 is 10.6 Å². The van der Waals surface area contributed by atoms with Crippen molar-refractivity contribution in [2.24, 2.45) is 5.92 Å². The fraction of sp³-hybridized carbons (Fsp3) is 0.444. The molecular weight excluding hydrogens is 342 g/mol. The van der Waals surface area contributed by atoms with Gasteiger partial charge in [0.2, 0.25) is 5.91 Å². The van der Waals surface area contributed by atoms with Crippen molar-refractivity contribution >= 4 is 29.7 Å². The molecule has 1 aromatic carbocycles. The SMILES string of the molecule is C[C@H]1C[C@@H](C(=O)NCCc2csc(-c3ccccc3)n2)CCN1.Cl. The minimum atomic E-state index is 0. The molecule has 0 saturated carbocycles. The van der Waals surface area contributed by atoms with E-state index in [1.807, 2.05) is 18.2 Å². The maximum Gasteiger partial charge on any atom is 0.223 e. The molecule has 3 rings (SSSR count). The molecule has 1 fully saturated rings. The quantitative estimate of drug-likeness (QED) is 0.854. The fourth-order valence-corrected chi connectivity index (χ4v) is 3.82. The maximum atomic E-state index is 12.2. The van der Waals surface area contributed by atoms with E-state index >= 15 is 0 Å². The van der Waals surface area contributed by atoms with Gasteiger partial charge in [0.1, 0.15) is 5.01 Å². The second-order valence-electron chi connectivity index (χ2n) is 6.13. The molecule has 1 amide bonds. The first-order chi connectivity index (χ1) is 11.2. The van der Waals surface area contributed by atoms with Gasteiger partial charge in [-0.25, -0.2) is 4.98 Å². The first kappa shape index (κ1) is 18.9. The van der Waals surface area contributed by atoms with Crippen LogP contribution >= 0.6 is 23.7 Å². The summed E-state index contributed by atoms with van der Waals surface area (Å²) in [6.07, 6.45) is 2.65. The van der Waals surface area contributed by atoms with Gasteiger partial charge in [-0.05, 0) is 26.3 Å². The summed E-state index contributed by atoms with van der Waals surface area (Å²) in [5, 5.41) is 9.57. The van der Waals surface area contributed by atoms with Crippen LogP contribution in [-0.2, 0) is 11.2 Å². The molecule has 2 heterocycles. The molecule has 1 aliphatic heterocycles. The van der Waals surface area contributed by atoms with Gasteiger partial charge in [-0.2, -0.15) is 0 Å². The minimum absolute atomic E-state index is 0. The van der Waals surface area contributed by atoms with Crippen LogP contribution in [0.5, 0.6) is 0 Å². The Morgan fingerprint density at radius 3 is 2.92 bits per heavy atom. The number of carbonyl (C=O) groups is 1. The molecule has 0 spiro atoms. The van der Waals surface area contributed by atoms with Crippen LogP contribution in [0.15, 0.2) is 35.7 Å². The molecule has 2 atom stereocenters. The second kappa shape index (κ2) is 9.16. The van der Waals surface area contributed by atoms with Gasteiger partial charge in [0.05, 0.1) is 5.69 Å². The Labute approximate surface area is 153 Å². The number of hydrogen-bond donors (Lipinski definition) is 2. The average molecular weight is 366 g/mol. The van der Waals surface area contributed by atoms with Crippen LogP contribution in [0.3, 0.4) is 0 Å². The molecule has 0 radical (unpaired) electrons. The third-order valence-corrected chi connectivity index (χ3v) is 5.19. The van der Waals surface area contributed by atoms with Gasteiger partial charge in [0, 0.05) is 35.9 Å². The molecule has 2 N–H and O–H groups in total. The molecule has 1 aromatic heterocycles. The van der Waals surface area contributed by atoms with Gasteiger partial charge in [0.25, 0.3) is 0 Å². The van der Waals surface area contributed by atoms with E-state index in [4.69, 9.17) is 0 Å². The second-order valence-corrected chi connectivity index (χ2v) is 6.99. The summed E-state index contributed by atoms with van der Waals surface area (Å²) in [5.41, 5.74) is 2.20. The van der Waals surface area contributed by atoms with E-state index in [0.29, 0.717) is 12.6 Å². The van der Waals surface area contributed by atoms with E-state index in [0.717, 1.165) is 42.1 Å². The largest absolute Gasteiger partial charge is 0.355 e. The summed E-state index contributed by atoms with van der Waals surface area (Å²) in [6.45, 7) is 3.74. The van der Waals surface area contributed by atoms with E-state index in [2.05, 4.69) is 40.1 Å². The van der Waals surface area contributed by atoms with E-state index in [9.17, 15) is 4.79 Å². The van der Waals surface area contributed by atoms with Crippen LogP contribution in [-0.4, -0.2) is 30.0 Å². The van der Waals surface area contributed by atoms with Crippen LogP contribution < -0.4 is 10.6 Å². The lowest BCUT2D eigenvalue weighted by atomic mass is 9.92. The van der Waals surface area contributed by atoms with Crippen LogP contribution in [0.1, 0.15) is 25.5 Å². The van der Waals surface area contributed by atoms with Gasteiger partial charge in [0.15, 0.2) is 0 Å². The lowest BCUT2D eigenvalue weighted by Gasteiger charge is -2.27. The number of benzene rings is 1. The Morgan fingerprint density at radius 2 is 2.17 bits per heavy atom. The number of nitrogens with zero attached hydrogens (tertiary/aromatic N) is 1. The Bertz CT molecular complexity index is 647. The average Bonchev–Trinajstić information content (AvgIpc) is 3.04. The highest BCUT2D eigenvalue weighted by atomic mass is 35.5. The highest BCUT2D eigenvalue weighted by Gasteiger charge is 2.24. The van der Waals surface area contributed by atoms with Gasteiger partial charge >= 0.3 is 0 Å². The van der Waals surface area contributed by atoms with Gasteiger partial charge in [-0.1, -0.05) is 30.3 Å². The van der Waals surface area contributed by atoms with Crippen molar-refractivity contribution in [2.75, 3.05) is 13.1 Å². The lowest BCUT2D eigenvalue weighted by molar-refractivity contribution is -0.126. The Balaban J connectivity index is 0.00000208.